The Morgan fingerprint density at radius 3 is 2.56 bits per heavy atom. The predicted molar refractivity (Wildman–Crippen MR) is 66.7 cm³/mol. The van der Waals surface area contributed by atoms with E-state index in [1.807, 2.05) is 7.11 Å². The molecular weight excluding hydrogens is 200 g/mol. The number of piperidine rings is 1. The number of hydrogen-bond donors (Lipinski definition) is 1. The highest BCUT2D eigenvalue weighted by Crippen LogP contribution is 2.26. The van der Waals surface area contributed by atoms with E-state index >= 15 is 0 Å². The van der Waals surface area contributed by atoms with Crippen molar-refractivity contribution in [3.8, 4) is 0 Å². The Bertz CT molecular complexity index is 204. The van der Waals surface area contributed by atoms with Crippen LogP contribution < -0.4 is 5.32 Å². The Kier molecular flexibility index (Phi) is 4.62. The predicted octanol–water partition coefficient (Wildman–Crippen LogP) is 1.49. The molecule has 0 spiro atoms. The fraction of sp³-hybridized carbons (Fsp3) is 1.00. The molecule has 0 unspecified atom stereocenters. The van der Waals surface area contributed by atoms with Crippen molar-refractivity contribution in [2.75, 3.05) is 33.8 Å². The van der Waals surface area contributed by atoms with E-state index in [9.17, 15) is 0 Å². The lowest BCUT2D eigenvalue weighted by Crippen LogP contribution is -2.38. The van der Waals surface area contributed by atoms with Crippen molar-refractivity contribution < 1.29 is 4.74 Å². The molecule has 1 N–H and O–H groups in total. The summed E-state index contributed by atoms with van der Waals surface area (Å²) in [6.45, 7) is 3.70. The summed E-state index contributed by atoms with van der Waals surface area (Å²) in [7, 11) is 4.14. The van der Waals surface area contributed by atoms with Gasteiger partial charge in [-0.1, -0.05) is 0 Å². The summed E-state index contributed by atoms with van der Waals surface area (Å²) < 4.78 is 5.44. The lowest BCUT2D eigenvalue weighted by atomic mass is 9.97. The van der Waals surface area contributed by atoms with Gasteiger partial charge in [0.15, 0.2) is 0 Å². The number of hydrogen-bond acceptors (Lipinski definition) is 3. The fourth-order valence-electron chi connectivity index (χ4n) is 3.15. The summed E-state index contributed by atoms with van der Waals surface area (Å²) >= 11 is 0. The first-order chi connectivity index (χ1) is 7.79. The molecule has 16 heavy (non-hydrogen) atoms. The molecule has 1 saturated heterocycles. The second-order valence-corrected chi connectivity index (χ2v) is 5.46. The van der Waals surface area contributed by atoms with Gasteiger partial charge >= 0.3 is 0 Å². The zero-order valence-electron chi connectivity index (χ0n) is 10.7. The Balaban J connectivity index is 1.72. The van der Waals surface area contributed by atoms with Crippen LogP contribution in [0.1, 0.15) is 32.1 Å². The van der Waals surface area contributed by atoms with Crippen molar-refractivity contribution in [1.29, 1.82) is 0 Å². The molecule has 0 aromatic rings. The molecule has 3 nitrogen and oxygen atoms in total. The second-order valence-electron chi connectivity index (χ2n) is 5.46. The van der Waals surface area contributed by atoms with E-state index in [1.54, 1.807) is 0 Å². The van der Waals surface area contributed by atoms with Gasteiger partial charge in [-0.05, 0) is 58.2 Å². The van der Waals surface area contributed by atoms with E-state index in [0.29, 0.717) is 6.10 Å². The van der Waals surface area contributed by atoms with Crippen molar-refractivity contribution in [3.63, 3.8) is 0 Å². The van der Waals surface area contributed by atoms with E-state index in [2.05, 4.69) is 17.3 Å². The molecule has 0 radical (unpaired) electrons. The molecule has 0 bridgehead atoms. The standard InChI is InChI=1S/C13H26N2O/c1-15(10-11-5-7-14-8-6-11)12-3-4-13(9-12)16-2/h11-14H,3-10H2,1-2H3/t12-,13+/m1/s1. The van der Waals surface area contributed by atoms with Crippen molar-refractivity contribution in [1.82, 2.24) is 10.2 Å². The highest BCUT2D eigenvalue weighted by Gasteiger charge is 2.28. The van der Waals surface area contributed by atoms with Gasteiger partial charge in [0, 0.05) is 19.7 Å². The minimum Gasteiger partial charge on any atom is -0.381 e. The van der Waals surface area contributed by atoms with Gasteiger partial charge in [0.05, 0.1) is 6.10 Å². The summed E-state index contributed by atoms with van der Waals surface area (Å²) in [5.41, 5.74) is 0. The van der Waals surface area contributed by atoms with Gasteiger partial charge in [-0.2, -0.15) is 0 Å². The van der Waals surface area contributed by atoms with Crippen LogP contribution in [0.15, 0.2) is 0 Å². The van der Waals surface area contributed by atoms with Crippen LogP contribution in [-0.2, 0) is 4.74 Å². The molecule has 1 heterocycles. The number of methoxy groups -OCH3 is 1. The average molecular weight is 226 g/mol. The van der Waals surface area contributed by atoms with Crippen LogP contribution in [0.3, 0.4) is 0 Å². The summed E-state index contributed by atoms with van der Waals surface area (Å²) in [4.78, 5) is 2.58. The van der Waals surface area contributed by atoms with Gasteiger partial charge in [0.25, 0.3) is 0 Å². The summed E-state index contributed by atoms with van der Waals surface area (Å²) in [5, 5.41) is 3.44. The van der Waals surface area contributed by atoms with Crippen molar-refractivity contribution in [3.05, 3.63) is 0 Å². The normalized spacial score (nSPS) is 32.4. The highest BCUT2D eigenvalue weighted by molar-refractivity contribution is 4.83. The van der Waals surface area contributed by atoms with Crippen LogP contribution in [-0.4, -0.2) is 50.8 Å². The van der Waals surface area contributed by atoms with Crippen molar-refractivity contribution >= 4 is 0 Å². The zero-order chi connectivity index (χ0) is 11.4. The van der Waals surface area contributed by atoms with E-state index in [0.717, 1.165) is 12.0 Å². The van der Waals surface area contributed by atoms with Gasteiger partial charge in [-0.15, -0.1) is 0 Å². The lowest BCUT2D eigenvalue weighted by molar-refractivity contribution is 0.0969. The third-order valence-electron chi connectivity index (χ3n) is 4.32. The van der Waals surface area contributed by atoms with Crippen molar-refractivity contribution in [2.45, 2.75) is 44.2 Å². The molecule has 0 amide bonds. The van der Waals surface area contributed by atoms with Gasteiger partial charge < -0.3 is 15.0 Å². The van der Waals surface area contributed by atoms with Gasteiger partial charge in [-0.3, -0.25) is 0 Å². The number of ether oxygens (including phenoxy) is 1. The number of nitrogens with zero attached hydrogens (tertiary/aromatic N) is 1. The molecule has 3 heteroatoms. The van der Waals surface area contributed by atoms with E-state index in [-0.39, 0.29) is 0 Å². The first-order valence-electron chi connectivity index (χ1n) is 6.73. The maximum Gasteiger partial charge on any atom is 0.0586 e. The molecule has 2 atom stereocenters. The van der Waals surface area contributed by atoms with Crippen molar-refractivity contribution in [2.24, 2.45) is 5.92 Å². The van der Waals surface area contributed by atoms with Crippen LogP contribution >= 0.6 is 0 Å². The SMILES string of the molecule is CO[C@H]1CC[C@@H](N(C)CC2CCNCC2)C1. The minimum absolute atomic E-state index is 0.514. The van der Waals surface area contributed by atoms with Crippen LogP contribution in [0.25, 0.3) is 0 Å². The van der Waals surface area contributed by atoms with Crippen LogP contribution in [0.5, 0.6) is 0 Å². The molecular formula is C13H26N2O. The van der Waals surface area contributed by atoms with Gasteiger partial charge in [0.1, 0.15) is 0 Å². The molecule has 94 valence electrons. The topological polar surface area (TPSA) is 24.5 Å². The quantitative estimate of drug-likeness (QED) is 0.786. The maximum atomic E-state index is 5.44. The Hall–Kier alpha value is -0.120. The maximum absolute atomic E-state index is 5.44. The first kappa shape index (κ1) is 12.3. The first-order valence-corrected chi connectivity index (χ1v) is 6.73. The number of rotatable bonds is 4. The molecule has 0 aromatic heterocycles. The minimum atomic E-state index is 0.514. The Morgan fingerprint density at radius 2 is 1.94 bits per heavy atom. The lowest BCUT2D eigenvalue weighted by Gasteiger charge is -2.31. The highest BCUT2D eigenvalue weighted by atomic mass is 16.5. The second kappa shape index (κ2) is 5.99. The van der Waals surface area contributed by atoms with E-state index in [4.69, 9.17) is 4.74 Å². The summed E-state index contributed by atoms with van der Waals surface area (Å²) in [6, 6.07) is 0.764. The molecule has 2 fully saturated rings. The van der Waals surface area contributed by atoms with Crippen LogP contribution in [0.4, 0.5) is 0 Å². The number of nitrogens with one attached hydrogen (secondary N) is 1. The monoisotopic (exact) mass is 226 g/mol. The third kappa shape index (κ3) is 3.19. The van der Waals surface area contributed by atoms with E-state index < -0.39 is 0 Å². The average Bonchev–Trinajstić information content (AvgIpc) is 2.79. The molecule has 2 aliphatic rings. The third-order valence-corrected chi connectivity index (χ3v) is 4.32. The van der Waals surface area contributed by atoms with Crippen LogP contribution in [0, 0.1) is 5.92 Å². The van der Waals surface area contributed by atoms with Crippen LogP contribution in [0.2, 0.25) is 0 Å². The van der Waals surface area contributed by atoms with Gasteiger partial charge in [-0.25, -0.2) is 0 Å². The largest absolute Gasteiger partial charge is 0.381 e. The molecule has 1 saturated carbocycles. The zero-order valence-corrected chi connectivity index (χ0v) is 10.7. The molecule has 1 aliphatic carbocycles. The molecule has 1 aliphatic heterocycles. The summed E-state index contributed by atoms with van der Waals surface area (Å²) in [6.07, 6.45) is 7.02. The summed E-state index contributed by atoms with van der Waals surface area (Å²) in [5.74, 6) is 0.910. The fourth-order valence-corrected chi connectivity index (χ4v) is 3.15. The Labute approximate surface area is 99.5 Å². The smallest absolute Gasteiger partial charge is 0.0586 e. The molecule has 0 aromatic carbocycles. The van der Waals surface area contributed by atoms with Gasteiger partial charge in [0.2, 0.25) is 0 Å². The Morgan fingerprint density at radius 1 is 1.19 bits per heavy atom. The molecule has 2 rings (SSSR count). The van der Waals surface area contributed by atoms with E-state index in [1.165, 1.54) is 51.7 Å².